The van der Waals surface area contributed by atoms with Gasteiger partial charge in [0, 0.05) is 51.8 Å². The van der Waals surface area contributed by atoms with Gasteiger partial charge in [0.25, 0.3) is 6.71 Å². The van der Waals surface area contributed by atoms with Crippen LogP contribution in [0.25, 0.3) is 80.7 Å². The van der Waals surface area contributed by atoms with Crippen molar-refractivity contribution in [2.24, 2.45) is 0 Å². The second-order valence-electron chi connectivity index (χ2n) is 15.3. The molecule has 6 heteroatoms. The van der Waals surface area contributed by atoms with Crippen molar-refractivity contribution < 1.29 is 9.15 Å². The molecule has 3 aromatic heterocycles. The number of furan rings is 1. The Bertz CT molecular complexity index is 3410. The van der Waals surface area contributed by atoms with E-state index < -0.39 is 0 Å². The molecule has 0 fully saturated rings. The summed E-state index contributed by atoms with van der Waals surface area (Å²) < 4.78 is 18.6. The molecule has 5 heterocycles. The molecular formula is C50H30BNO2S2. The van der Waals surface area contributed by atoms with Gasteiger partial charge in [-0.2, -0.15) is 0 Å². The largest absolute Gasteiger partial charge is 0.458 e. The normalized spacial score (nSPS) is 13.2. The lowest BCUT2D eigenvalue weighted by atomic mass is 9.35. The summed E-state index contributed by atoms with van der Waals surface area (Å²) in [6.07, 6.45) is 0. The van der Waals surface area contributed by atoms with Crippen LogP contribution in [0.4, 0.5) is 0 Å². The smallest absolute Gasteiger partial charge is 0.253 e. The molecule has 0 saturated carbocycles. The van der Waals surface area contributed by atoms with Crippen LogP contribution in [0.3, 0.4) is 0 Å². The molecule has 2 aliphatic heterocycles. The topological polar surface area (TPSA) is 27.3 Å². The number of benzene rings is 8. The molecular weight excluding hydrogens is 722 g/mol. The van der Waals surface area contributed by atoms with Crippen molar-refractivity contribution in [3.05, 3.63) is 157 Å². The van der Waals surface area contributed by atoms with Gasteiger partial charge in [-0.25, -0.2) is 0 Å². The predicted molar refractivity (Wildman–Crippen MR) is 238 cm³/mol. The minimum absolute atomic E-state index is 0.148. The average Bonchev–Trinajstić information content (AvgIpc) is 3.91. The summed E-state index contributed by atoms with van der Waals surface area (Å²) in [4.78, 5) is 2.58. The molecule has 0 amide bonds. The quantitative estimate of drug-likeness (QED) is 0.165. The molecule has 3 nitrogen and oxygen atoms in total. The summed E-state index contributed by atoms with van der Waals surface area (Å²) in [5.41, 5.74) is 14.1. The van der Waals surface area contributed by atoms with Crippen LogP contribution in [-0.4, -0.2) is 11.3 Å². The summed E-state index contributed by atoms with van der Waals surface area (Å²) in [7, 11) is 0. The van der Waals surface area contributed by atoms with Crippen LogP contribution in [0.5, 0.6) is 11.5 Å². The number of hydrogen-bond donors (Lipinski definition) is 0. The van der Waals surface area contributed by atoms with Crippen LogP contribution in [0.15, 0.2) is 160 Å². The fourth-order valence-corrected chi connectivity index (χ4v) is 12.0. The number of ether oxygens (including phenoxy) is 1. The predicted octanol–water partition coefficient (Wildman–Crippen LogP) is 12.4. The highest BCUT2D eigenvalue weighted by Crippen LogP contribution is 2.50. The van der Waals surface area contributed by atoms with Crippen LogP contribution < -0.4 is 21.1 Å². The van der Waals surface area contributed by atoms with Gasteiger partial charge in [-0.15, -0.1) is 11.3 Å². The Kier molecular flexibility index (Phi) is 6.21. The van der Waals surface area contributed by atoms with Crippen molar-refractivity contribution in [2.75, 3.05) is 0 Å². The Hall–Kier alpha value is -6.21. The van der Waals surface area contributed by atoms with Crippen molar-refractivity contribution in [1.29, 1.82) is 0 Å². The fourth-order valence-electron chi connectivity index (χ4n) is 9.59. The van der Waals surface area contributed by atoms with Gasteiger partial charge in [-0.1, -0.05) is 119 Å². The first-order valence-corrected chi connectivity index (χ1v) is 20.7. The Morgan fingerprint density at radius 3 is 2.20 bits per heavy atom. The lowest BCUT2D eigenvalue weighted by Gasteiger charge is -2.33. The second kappa shape index (κ2) is 11.2. The third-order valence-corrected chi connectivity index (χ3v) is 14.3. The van der Waals surface area contributed by atoms with E-state index in [9.17, 15) is 0 Å². The number of para-hydroxylation sites is 2. The Labute approximate surface area is 330 Å². The summed E-state index contributed by atoms with van der Waals surface area (Å²) in [5, 5.41) is 7.28. The lowest BCUT2D eigenvalue weighted by molar-refractivity contribution is 0.486. The third-order valence-electron chi connectivity index (χ3n) is 12.0. The summed E-state index contributed by atoms with van der Waals surface area (Å²) >= 11 is 3.73. The van der Waals surface area contributed by atoms with Crippen LogP contribution in [0.1, 0.15) is 11.1 Å². The summed E-state index contributed by atoms with van der Waals surface area (Å²) in [6.45, 7) is 4.51. The highest BCUT2D eigenvalue weighted by Gasteiger charge is 2.39. The standard InChI is InChI=1S/C50H30BNO2S2/c1-27-15-21-39-35(23-27)51-36-24-28(2)16-22-42(36)55-43-26-30(25-40(53-39)47(43)51)29-17-19-31(20-18-29)52-37-12-6-3-9-32(37)44-48(52)45-34-11-5-8-14-41(34)56-50(45)46-33-10-4-7-13-38(33)54-49(44)46/h3-26H,1-2H3. The molecule has 56 heavy (non-hydrogen) atoms. The van der Waals surface area contributed by atoms with Crippen LogP contribution in [0.2, 0.25) is 0 Å². The van der Waals surface area contributed by atoms with Crippen molar-refractivity contribution in [2.45, 2.75) is 23.6 Å². The zero-order valence-corrected chi connectivity index (χ0v) is 32.1. The molecule has 0 spiro atoms. The number of aromatic nitrogens is 1. The van der Waals surface area contributed by atoms with Gasteiger partial charge in [0.05, 0.1) is 16.4 Å². The van der Waals surface area contributed by atoms with E-state index in [1.54, 1.807) is 0 Å². The number of aryl methyl sites for hydroxylation is 2. The lowest BCUT2D eigenvalue weighted by Crippen LogP contribution is -2.57. The minimum atomic E-state index is 0.148. The molecule has 0 unspecified atom stereocenters. The maximum absolute atomic E-state index is 6.82. The molecule has 0 atom stereocenters. The van der Waals surface area contributed by atoms with E-state index in [1.165, 1.54) is 73.8 Å². The molecule has 0 saturated heterocycles. The van der Waals surface area contributed by atoms with E-state index in [-0.39, 0.29) is 6.71 Å². The van der Waals surface area contributed by atoms with Gasteiger partial charge in [-0.05, 0) is 90.5 Å². The van der Waals surface area contributed by atoms with Gasteiger partial charge in [0.15, 0.2) is 0 Å². The third kappa shape index (κ3) is 4.15. The van der Waals surface area contributed by atoms with Gasteiger partial charge in [0.2, 0.25) is 0 Å². The Balaban J connectivity index is 1.03. The first-order valence-electron chi connectivity index (χ1n) is 19.1. The van der Waals surface area contributed by atoms with E-state index in [1.807, 2.05) is 23.1 Å². The number of hydrogen-bond acceptors (Lipinski definition) is 4. The van der Waals surface area contributed by atoms with Crippen LogP contribution >= 0.6 is 23.1 Å². The van der Waals surface area contributed by atoms with Crippen molar-refractivity contribution in [1.82, 2.24) is 4.57 Å². The molecule has 11 aromatic rings. The fraction of sp³-hybridized carbons (Fsp3) is 0.0400. The van der Waals surface area contributed by atoms with Crippen molar-refractivity contribution >= 4 is 110 Å². The molecule has 0 bridgehead atoms. The van der Waals surface area contributed by atoms with E-state index in [0.29, 0.717) is 0 Å². The molecule has 262 valence electrons. The number of thiophene rings is 1. The first-order chi connectivity index (χ1) is 27.6. The zero-order chi connectivity index (χ0) is 36.8. The number of fused-ring (bicyclic) bond motifs is 16. The first kappa shape index (κ1) is 31.0. The van der Waals surface area contributed by atoms with Crippen LogP contribution in [-0.2, 0) is 0 Å². The SMILES string of the molecule is Cc1ccc2c(c1)B1c3cc(C)ccc3Sc3cc(-c4ccc(-n5c6ccccc6c6c7oc8ccccc8c7c7sc8ccccc8c7c65)cc4)cc(c31)O2. The Morgan fingerprint density at radius 1 is 0.571 bits per heavy atom. The molecule has 0 aliphatic carbocycles. The molecule has 8 aromatic carbocycles. The Morgan fingerprint density at radius 2 is 1.32 bits per heavy atom. The van der Waals surface area contributed by atoms with Gasteiger partial charge in [-0.3, -0.25) is 0 Å². The highest BCUT2D eigenvalue weighted by molar-refractivity contribution is 8.00. The summed E-state index contributed by atoms with van der Waals surface area (Å²) in [5.74, 6) is 1.90. The van der Waals surface area contributed by atoms with E-state index in [2.05, 4.69) is 164 Å². The van der Waals surface area contributed by atoms with E-state index >= 15 is 0 Å². The maximum atomic E-state index is 6.82. The summed E-state index contributed by atoms with van der Waals surface area (Å²) in [6, 6.07) is 53.3. The minimum Gasteiger partial charge on any atom is -0.458 e. The van der Waals surface area contributed by atoms with Gasteiger partial charge >= 0.3 is 0 Å². The molecule has 0 N–H and O–H groups in total. The van der Waals surface area contributed by atoms with Crippen molar-refractivity contribution in [3.63, 3.8) is 0 Å². The number of nitrogens with zero attached hydrogens (tertiary/aromatic N) is 1. The average molecular weight is 752 g/mol. The zero-order valence-electron chi connectivity index (χ0n) is 30.5. The van der Waals surface area contributed by atoms with Gasteiger partial charge < -0.3 is 13.7 Å². The van der Waals surface area contributed by atoms with Crippen LogP contribution in [0, 0.1) is 13.8 Å². The second-order valence-corrected chi connectivity index (χ2v) is 17.5. The molecule has 2 aliphatic rings. The van der Waals surface area contributed by atoms with E-state index in [4.69, 9.17) is 9.15 Å². The van der Waals surface area contributed by atoms with Crippen molar-refractivity contribution in [3.8, 4) is 28.3 Å². The molecule has 13 rings (SSSR count). The highest BCUT2D eigenvalue weighted by atomic mass is 32.2. The monoisotopic (exact) mass is 751 g/mol. The molecule has 0 radical (unpaired) electrons. The van der Waals surface area contributed by atoms with Gasteiger partial charge in [0.1, 0.15) is 22.7 Å². The van der Waals surface area contributed by atoms with E-state index in [0.717, 1.165) is 55.8 Å². The number of rotatable bonds is 2. The maximum Gasteiger partial charge on any atom is 0.253 e.